The van der Waals surface area contributed by atoms with Crippen LogP contribution in [0.1, 0.15) is 24.1 Å². The average molecular weight is 317 g/mol. The summed E-state index contributed by atoms with van der Waals surface area (Å²) in [6.07, 6.45) is 1.67. The minimum absolute atomic E-state index is 0.366. The van der Waals surface area contributed by atoms with E-state index in [4.69, 9.17) is 0 Å². The van der Waals surface area contributed by atoms with E-state index in [0.29, 0.717) is 6.54 Å². The Bertz CT molecular complexity index is 654. The topological polar surface area (TPSA) is 65.5 Å². The van der Waals surface area contributed by atoms with Crippen molar-refractivity contribution in [2.24, 2.45) is 0 Å². The third kappa shape index (κ3) is 3.45. The van der Waals surface area contributed by atoms with E-state index in [2.05, 4.69) is 29.4 Å². The molecule has 22 heavy (non-hydrogen) atoms. The minimum Gasteiger partial charge on any atom is -0.480 e. The van der Waals surface area contributed by atoms with Crippen LogP contribution in [0, 0.1) is 6.92 Å². The van der Waals surface area contributed by atoms with E-state index >= 15 is 0 Å². The summed E-state index contributed by atoms with van der Waals surface area (Å²) < 4.78 is 0. The molecule has 5 nitrogen and oxygen atoms in total. The number of nitrogens with zero attached hydrogens (tertiary/aromatic N) is 2. The maximum atomic E-state index is 11.2. The molecule has 1 unspecified atom stereocenters. The summed E-state index contributed by atoms with van der Waals surface area (Å²) in [7, 11) is 0. The molecule has 1 aromatic carbocycles. The molecule has 1 aliphatic rings. The summed E-state index contributed by atoms with van der Waals surface area (Å²) >= 11 is 1.55. The summed E-state index contributed by atoms with van der Waals surface area (Å²) in [5.74, 6) is -0.731. The van der Waals surface area contributed by atoms with Crippen molar-refractivity contribution < 1.29 is 9.90 Å². The predicted molar refractivity (Wildman–Crippen MR) is 87.6 cm³/mol. The number of hydrogen-bond donors (Lipinski definition) is 2. The van der Waals surface area contributed by atoms with E-state index < -0.39 is 5.97 Å². The number of nitrogens with one attached hydrogen (secondary N) is 1. The van der Waals surface area contributed by atoms with Crippen molar-refractivity contribution in [1.29, 1.82) is 0 Å². The molecule has 3 rings (SSSR count). The first-order chi connectivity index (χ1) is 10.6. The molecule has 1 fully saturated rings. The van der Waals surface area contributed by atoms with E-state index in [0.717, 1.165) is 35.9 Å². The summed E-state index contributed by atoms with van der Waals surface area (Å²) in [6, 6.07) is 7.79. The number of carboxylic acids is 1. The van der Waals surface area contributed by atoms with Gasteiger partial charge >= 0.3 is 5.97 Å². The van der Waals surface area contributed by atoms with Crippen LogP contribution in [-0.4, -0.2) is 33.5 Å². The van der Waals surface area contributed by atoms with Gasteiger partial charge in [0.1, 0.15) is 6.04 Å². The van der Waals surface area contributed by atoms with Gasteiger partial charge in [-0.2, -0.15) is 0 Å². The Morgan fingerprint density at radius 3 is 2.95 bits per heavy atom. The van der Waals surface area contributed by atoms with Crippen LogP contribution in [0.5, 0.6) is 0 Å². The van der Waals surface area contributed by atoms with Crippen molar-refractivity contribution in [2.75, 3.05) is 11.9 Å². The van der Waals surface area contributed by atoms with Crippen molar-refractivity contribution in [3.05, 3.63) is 40.9 Å². The highest BCUT2D eigenvalue weighted by atomic mass is 32.1. The Morgan fingerprint density at radius 2 is 2.23 bits per heavy atom. The molecule has 1 aliphatic heterocycles. The van der Waals surface area contributed by atoms with E-state index in [1.54, 1.807) is 11.3 Å². The molecule has 0 radical (unpaired) electrons. The van der Waals surface area contributed by atoms with Crippen molar-refractivity contribution in [1.82, 2.24) is 9.88 Å². The predicted octanol–water partition coefficient (Wildman–Crippen LogP) is 3.24. The number of benzene rings is 1. The number of carbonyl (C=O) groups is 1. The molecular formula is C16H19N3O2S. The van der Waals surface area contributed by atoms with Crippen LogP contribution in [0.2, 0.25) is 0 Å². The van der Waals surface area contributed by atoms with Gasteiger partial charge in [-0.25, -0.2) is 4.98 Å². The number of aryl methyl sites for hydroxylation is 1. The third-order valence-electron chi connectivity index (χ3n) is 3.87. The number of carboxylic acid groups (broad SMARTS) is 1. The molecule has 0 bridgehead atoms. The lowest BCUT2D eigenvalue weighted by atomic mass is 10.2. The Kier molecular flexibility index (Phi) is 4.40. The number of aliphatic carboxylic acids is 1. The van der Waals surface area contributed by atoms with Gasteiger partial charge in [-0.3, -0.25) is 9.69 Å². The van der Waals surface area contributed by atoms with Gasteiger partial charge in [0.05, 0.1) is 5.69 Å². The van der Waals surface area contributed by atoms with Crippen LogP contribution in [0.3, 0.4) is 0 Å². The first-order valence-corrected chi connectivity index (χ1v) is 8.25. The molecule has 0 saturated carbocycles. The molecule has 2 aromatic rings. The van der Waals surface area contributed by atoms with Crippen molar-refractivity contribution in [2.45, 2.75) is 32.4 Å². The number of rotatable bonds is 5. The molecule has 1 aromatic heterocycles. The highest BCUT2D eigenvalue weighted by molar-refractivity contribution is 7.13. The average Bonchev–Trinajstić information content (AvgIpc) is 3.11. The fraction of sp³-hybridized carbons (Fsp3) is 0.375. The summed E-state index contributed by atoms with van der Waals surface area (Å²) in [5.41, 5.74) is 3.16. The fourth-order valence-electron chi connectivity index (χ4n) is 2.70. The quantitative estimate of drug-likeness (QED) is 0.886. The second kappa shape index (κ2) is 6.46. The summed E-state index contributed by atoms with van der Waals surface area (Å²) in [5, 5.41) is 15.3. The first-order valence-electron chi connectivity index (χ1n) is 7.37. The zero-order chi connectivity index (χ0) is 15.5. The van der Waals surface area contributed by atoms with Gasteiger partial charge in [-0.1, -0.05) is 17.7 Å². The van der Waals surface area contributed by atoms with Crippen molar-refractivity contribution in [3.8, 4) is 0 Å². The van der Waals surface area contributed by atoms with Crippen LogP contribution in [0.4, 0.5) is 10.8 Å². The maximum absolute atomic E-state index is 11.2. The van der Waals surface area contributed by atoms with E-state index in [-0.39, 0.29) is 6.04 Å². The van der Waals surface area contributed by atoms with Crippen molar-refractivity contribution in [3.63, 3.8) is 0 Å². The van der Waals surface area contributed by atoms with E-state index in [9.17, 15) is 9.90 Å². The lowest BCUT2D eigenvalue weighted by Crippen LogP contribution is -2.35. The zero-order valence-electron chi connectivity index (χ0n) is 12.5. The lowest BCUT2D eigenvalue weighted by molar-refractivity contribution is -0.142. The number of hydrogen-bond acceptors (Lipinski definition) is 5. The fourth-order valence-corrected chi connectivity index (χ4v) is 3.42. The summed E-state index contributed by atoms with van der Waals surface area (Å²) in [4.78, 5) is 17.8. The molecule has 1 saturated heterocycles. The Morgan fingerprint density at radius 1 is 1.45 bits per heavy atom. The second-order valence-electron chi connectivity index (χ2n) is 5.60. The first kappa shape index (κ1) is 15.0. The van der Waals surface area contributed by atoms with E-state index in [1.807, 2.05) is 22.4 Å². The third-order valence-corrected chi connectivity index (χ3v) is 4.67. The molecule has 0 aliphatic carbocycles. The normalized spacial score (nSPS) is 18.5. The number of aromatic nitrogens is 1. The summed E-state index contributed by atoms with van der Waals surface area (Å²) in [6.45, 7) is 3.48. The zero-order valence-corrected chi connectivity index (χ0v) is 13.3. The van der Waals surface area contributed by atoms with Crippen LogP contribution in [-0.2, 0) is 11.3 Å². The maximum Gasteiger partial charge on any atom is 0.320 e. The molecule has 116 valence electrons. The molecule has 0 amide bonds. The molecule has 1 atom stereocenters. The Balaban J connectivity index is 1.63. The molecule has 0 spiro atoms. The largest absolute Gasteiger partial charge is 0.480 e. The van der Waals surface area contributed by atoms with Crippen LogP contribution < -0.4 is 5.32 Å². The number of anilines is 2. The van der Waals surface area contributed by atoms with Crippen LogP contribution >= 0.6 is 11.3 Å². The van der Waals surface area contributed by atoms with Crippen LogP contribution in [0.15, 0.2) is 29.6 Å². The highest BCUT2D eigenvalue weighted by Gasteiger charge is 2.30. The standard InChI is InChI=1S/C16H19N3O2S/c1-11-4-6-12(7-5-11)17-16-18-13(10-22-16)9-19-8-2-3-14(19)15(20)21/h4-7,10,14H,2-3,8-9H2,1H3,(H,17,18)(H,20,21). The van der Waals surface area contributed by atoms with Gasteiger partial charge in [-0.15, -0.1) is 11.3 Å². The molecule has 6 heteroatoms. The Hall–Kier alpha value is -1.92. The van der Waals surface area contributed by atoms with E-state index in [1.165, 1.54) is 5.56 Å². The number of thiazole rings is 1. The van der Waals surface area contributed by atoms with Gasteiger partial charge in [0, 0.05) is 17.6 Å². The lowest BCUT2D eigenvalue weighted by Gasteiger charge is -2.19. The molecule has 2 N–H and O–H groups in total. The minimum atomic E-state index is -0.731. The highest BCUT2D eigenvalue weighted by Crippen LogP contribution is 2.24. The van der Waals surface area contributed by atoms with Gasteiger partial charge in [0.25, 0.3) is 0 Å². The van der Waals surface area contributed by atoms with Gasteiger partial charge in [-0.05, 0) is 38.4 Å². The monoisotopic (exact) mass is 317 g/mol. The molecular weight excluding hydrogens is 298 g/mol. The molecule has 2 heterocycles. The Labute approximate surface area is 133 Å². The van der Waals surface area contributed by atoms with Gasteiger partial charge in [0.2, 0.25) is 0 Å². The van der Waals surface area contributed by atoms with Gasteiger partial charge in [0.15, 0.2) is 5.13 Å². The van der Waals surface area contributed by atoms with Crippen LogP contribution in [0.25, 0.3) is 0 Å². The smallest absolute Gasteiger partial charge is 0.320 e. The van der Waals surface area contributed by atoms with Gasteiger partial charge < -0.3 is 10.4 Å². The number of likely N-dealkylation sites (tertiary alicyclic amines) is 1. The second-order valence-corrected chi connectivity index (χ2v) is 6.46. The van der Waals surface area contributed by atoms with Crippen molar-refractivity contribution >= 4 is 28.1 Å². The SMILES string of the molecule is Cc1ccc(Nc2nc(CN3CCCC3C(=O)O)cs2)cc1.